The molecule has 0 radical (unpaired) electrons. The molecule has 1 aromatic heterocycles. The number of ether oxygens (including phenoxy) is 1. The third-order valence-electron chi connectivity index (χ3n) is 6.21. The zero-order valence-corrected chi connectivity index (χ0v) is 16.5. The lowest BCUT2D eigenvalue weighted by Crippen LogP contribution is -2.59. The molecule has 3 aliphatic rings. The van der Waals surface area contributed by atoms with E-state index in [9.17, 15) is 9.59 Å². The summed E-state index contributed by atoms with van der Waals surface area (Å²) in [6, 6.07) is 3.38. The molecule has 28 heavy (non-hydrogen) atoms. The third kappa shape index (κ3) is 3.23. The maximum atomic E-state index is 12.7. The second kappa shape index (κ2) is 6.79. The number of pyridine rings is 1. The molecule has 3 N–H and O–H groups in total. The van der Waals surface area contributed by atoms with Crippen molar-refractivity contribution in [2.75, 3.05) is 0 Å². The number of carbonyl (C=O) groups is 2. The van der Waals surface area contributed by atoms with Gasteiger partial charge in [-0.3, -0.25) is 14.5 Å². The highest BCUT2D eigenvalue weighted by atomic mass is 16.5. The second-order valence-electron chi connectivity index (χ2n) is 8.91. The second-order valence-corrected chi connectivity index (χ2v) is 8.91. The maximum Gasteiger partial charge on any atom is 0.254 e. The average molecular weight is 384 g/mol. The highest BCUT2D eigenvalue weighted by Gasteiger charge is 2.57. The van der Waals surface area contributed by atoms with Crippen LogP contribution in [0.4, 0.5) is 0 Å². The number of nitrogens with zero attached hydrogens (tertiary/aromatic N) is 2. The molecule has 2 aliphatic carbocycles. The van der Waals surface area contributed by atoms with Crippen molar-refractivity contribution in [1.82, 2.24) is 15.2 Å². The molecular formula is C21H28N4O3. The van der Waals surface area contributed by atoms with Gasteiger partial charge in [0.2, 0.25) is 5.88 Å². The molecule has 2 heterocycles. The zero-order chi connectivity index (χ0) is 20.1. The van der Waals surface area contributed by atoms with Crippen LogP contribution in [0.5, 0.6) is 5.88 Å². The van der Waals surface area contributed by atoms with Crippen molar-refractivity contribution in [2.24, 2.45) is 17.1 Å². The molecule has 2 amide bonds. The van der Waals surface area contributed by atoms with Gasteiger partial charge in [-0.25, -0.2) is 4.98 Å². The normalized spacial score (nSPS) is 31.5. The first-order valence-corrected chi connectivity index (χ1v) is 9.98. The van der Waals surface area contributed by atoms with Crippen LogP contribution < -0.4 is 15.8 Å². The molecule has 1 aliphatic heterocycles. The molecule has 150 valence electrons. The average Bonchev–Trinajstić information content (AvgIpc) is 2.82. The maximum absolute atomic E-state index is 12.7. The van der Waals surface area contributed by atoms with Gasteiger partial charge in [0, 0.05) is 12.2 Å². The number of hydrogen-bond donors (Lipinski definition) is 2. The first-order valence-electron chi connectivity index (χ1n) is 9.98. The van der Waals surface area contributed by atoms with Crippen LogP contribution in [-0.2, 0) is 4.79 Å². The lowest BCUT2D eigenvalue weighted by molar-refractivity contribution is -0.142. The van der Waals surface area contributed by atoms with Gasteiger partial charge in [0.15, 0.2) is 0 Å². The number of carbonyl (C=O) groups excluding carboxylic acids is 2. The van der Waals surface area contributed by atoms with Crippen LogP contribution in [0.3, 0.4) is 0 Å². The molecule has 1 atom stereocenters. The Morgan fingerprint density at radius 2 is 2.14 bits per heavy atom. The van der Waals surface area contributed by atoms with E-state index in [0.717, 1.165) is 37.9 Å². The lowest BCUT2D eigenvalue weighted by Gasteiger charge is -2.58. The summed E-state index contributed by atoms with van der Waals surface area (Å²) in [7, 11) is 0. The summed E-state index contributed by atoms with van der Waals surface area (Å²) in [6.07, 6.45) is 6.23. The van der Waals surface area contributed by atoms with Crippen LogP contribution >= 0.6 is 0 Å². The first-order chi connectivity index (χ1) is 13.3. The van der Waals surface area contributed by atoms with E-state index in [1.807, 2.05) is 4.90 Å². The highest BCUT2D eigenvalue weighted by Crippen LogP contribution is 2.58. The summed E-state index contributed by atoms with van der Waals surface area (Å²) in [6.45, 7) is 8.30. The minimum absolute atomic E-state index is 0.0400. The number of aromatic nitrogens is 1. The smallest absolute Gasteiger partial charge is 0.254 e. The van der Waals surface area contributed by atoms with E-state index >= 15 is 0 Å². The van der Waals surface area contributed by atoms with Gasteiger partial charge in [-0.15, -0.1) is 0 Å². The predicted molar refractivity (Wildman–Crippen MR) is 104 cm³/mol. The minimum atomic E-state index is -0.532. The predicted octanol–water partition coefficient (Wildman–Crippen LogP) is 2.19. The van der Waals surface area contributed by atoms with E-state index in [1.165, 1.54) is 0 Å². The summed E-state index contributed by atoms with van der Waals surface area (Å²) in [5.74, 6) is 1.14. The Bertz CT molecular complexity index is 808. The SMILES string of the molecule is C=C1N[C@@H](CC(C)C)C(=O)N1C1CC2(CC(Oc3ncccc3C(N)=O)C2)C1. The van der Waals surface area contributed by atoms with E-state index in [-0.39, 0.29) is 29.5 Å². The Kier molecular flexibility index (Phi) is 4.56. The Morgan fingerprint density at radius 3 is 2.79 bits per heavy atom. The van der Waals surface area contributed by atoms with Crippen LogP contribution in [0.25, 0.3) is 0 Å². The number of rotatable bonds is 6. The Hall–Kier alpha value is -2.57. The number of hydrogen-bond acceptors (Lipinski definition) is 5. The fourth-order valence-electron chi connectivity index (χ4n) is 4.94. The molecule has 0 unspecified atom stereocenters. The Morgan fingerprint density at radius 1 is 1.43 bits per heavy atom. The van der Waals surface area contributed by atoms with E-state index < -0.39 is 5.91 Å². The quantitative estimate of drug-likeness (QED) is 0.783. The van der Waals surface area contributed by atoms with Crippen LogP contribution in [0.1, 0.15) is 56.3 Å². The molecule has 1 spiro atoms. The van der Waals surface area contributed by atoms with Crippen molar-refractivity contribution in [3.63, 3.8) is 0 Å². The molecule has 7 heteroatoms. The summed E-state index contributed by atoms with van der Waals surface area (Å²) in [4.78, 5) is 30.3. The van der Waals surface area contributed by atoms with Gasteiger partial charge in [-0.05, 0) is 55.6 Å². The standard InChI is InChI=1S/C21H28N4O3/c1-12(2)7-17-20(27)25(13(3)24-17)14-8-21(9-14)10-15(11-21)28-19-16(18(22)26)5-4-6-23-19/h4-6,12,14-15,17,24H,3,7-11H2,1-2H3,(H2,22,26)/t14?,15?,17-,21?/m0/s1. The third-order valence-corrected chi connectivity index (χ3v) is 6.21. The largest absolute Gasteiger partial charge is 0.474 e. The van der Waals surface area contributed by atoms with Crippen LogP contribution in [0.15, 0.2) is 30.7 Å². The van der Waals surface area contributed by atoms with Crippen molar-refractivity contribution >= 4 is 11.8 Å². The molecule has 3 fully saturated rings. The molecule has 4 rings (SSSR count). The monoisotopic (exact) mass is 384 g/mol. The molecule has 0 bridgehead atoms. The van der Waals surface area contributed by atoms with Crippen molar-refractivity contribution in [2.45, 2.75) is 64.1 Å². The number of nitrogens with one attached hydrogen (secondary N) is 1. The van der Waals surface area contributed by atoms with Crippen molar-refractivity contribution in [3.8, 4) is 5.88 Å². The number of nitrogens with two attached hydrogens (primary N) is 1. The van der Waals surface area contributed by atoms with E-state index in [4.69, 9.17) is 10.5 Å². The minimum Gasteiger partial charge on any atom is -0.474 e. The van der Waals surface area contributed by atoms with Gasteiger partial charge >= 0.3 is 0 Å². The topological polar surface area (TPSA) is 97.6 Å². The van der Waals surface area contributed by atoms with Gasteiger partial charge in [0.25, 0.3) is 11.8 Å². The van der Waals surface area contributed by atoms with E-state index in [0.29, 0.717) is 17.4 Å². The van der Waals surface area contributed by atoms with E-state index in [1.54, 1.807) is 18.3 Å². The Balaban J connectivity index is 1.31. The van der Waals surface area contributed by atoms with Crippen LogP contribution in [0, 0.1) is 11.3 Å². The van der Waals surface area contributed by atoms with Gasteiger partial charge in [0.1, 0.15) is 23.5 Å². The van der Waals surface area contributed by atoms with Gasteiger partial charge < -0.3 is 15.8 Å². The van der Waals surface area contributed by atoms with Gasteiger partial charge in [-0.1, -0.05) is 20.4 Å². The summed E-state index contributed by atoms with van der Waals surface area (Å²) in [5.41, 5.74) is 5.93. The number of primary amides is 1. The van der Waals surface area contributed by atoms with E-state index in [2.05, 4.69) is 30.7 Å². The van der Waals surface area contributed by atoms with Crippen molar-refractivity contribution in [3.05, 3.63) is 36.3 Å². The van der Waals surface area contributed by atoms with Crippen molar-refractivity contribution in [1.29, 1.82) is 0 Å². The molecule has 2 saturated carbocycles. The number of amides is 2. The summed E-state index contributed by atoms with van der Waals surface area (Å²) < 4.78 is 5.92. The van der Waals surface area contributed by atoms with Crippen LogP contribution in [-0.4, -0.2) is 39.9 Å². The fraction of sp³-hybridized carbons (Fsp3) is 0.571. The van der Waals surface area contributed by atoms with Gasteiger partial charge in [-0.2, -0.15) is 0 Å². The summed E-state index contributed by atoms with van der Waals surface area (Å²) in [5, 5.41) is 3.26. The molecule has 1 saturated heterocycles. The molecule has 1 aromatic rings. The van der Waals surface area contributed by atoms with Gasteiger partial charge in [0.05, 0.1) is 0 Å². The highest BCUT2D eigenvalue weighted by molar-refractivity contribution is 5.94. The molecule has 7 nitrogen and oxygen atoms in total. The molecular weight excluding hydrogens is 356 g/mol. The van der Waals surface area contributed by atoms with Crippen LogP contribution in [0.2, 0.25) is 0 Å². The Labute approximate surface area is 165 Å². The lowest BCUT2D eigenvalue weighted by atomic mass is 9.52. The first kappa shape index (κ1) is 18.8. The van der Waals surface area contributed by atoms with Crippen molar-refractivity contribution < 1.29 is 14.3 Å². The molecule has 0 aromatic carbocycles. The zero-order valence-electron chi connectivity index (χ0n) is 16.5. The fourth-order valence-corrected chi connectivity index (χ4v) is 4.94. The summed E-state index contributed by atoms with van der Waals surface area (Å²) >= 11 is 0.